The van der Waals surface area contributed by atoms with Crippen LogP contribution < -0.4 is 11.1 Å². The third-order valence-electron chi connectivity index (χ3n) is 1.27. The minimum absolute atomic E-state index is 0.0332. The summed E-state index contributed by atoms with van der Waals surface area (Å²) in [4.78, 5) is 10.6. The molecular formula is C7H14N2O. The van der Waals surface area contributed by atoms with Gasteiger partial charge in [-0.3, -0.25) is 4.79 Å². The molecule has 0 aliphatic heterocycles. The second-order valence-electron chi connectivity index (χ2n) is 2.16. The fourth-order valence-electron chi connectivity index (χ4n) is 0.544. The predicted octanol–water partition coefficient (Wildman–Crippen LogP) is 0.0259. The number of nitrogens with one attached hydrogen (secondary N) is 1. The summed E-state index contributed by atoms with van der Waals surface area (Å²) >= 11 is 0. The second-order valence-corrected chi connectivity index (χ2v) is 2.16. The molecule has 0 aliphatic carbocycles. The molecule has 3 N–H and O–H groups in total. The Morgan fingerprint density at radius 1 is 1.90 bits per heavy atom. The maximum Gasteiger partial charge on any atom is 0.146 e. The number of Topliss-reactive ketones (excluding diaryl/α,β-unsaturated/α-hetero) is 1. The molecule has 0 bridgehead atoms. The molecule has 0 saturated carbocycles. The molecule has 3 nitrogen and oxygen atoms in total. The van der Waals surface area contributed by atoms with Crippen LogP contribution in [0.4, 0.5) is 0 Å². The monoisotopic (exact) mass is 142 g/mol. The third-order valence-corrected chi connectivity index (χ3v) is 1.27. The van der Waals surface area contributed by atoms with E-state index in [0.29, 0.717) is 13.0 Å². The average molecular weight is 142 g/mol. The number of ketones is 1. The average Bonchev–Trinajstić information content (AvgIpc) is 1.88. The molecule has 0 aromatic rings. The molecule has 0 amide bonds. The van der Waals surface area contributed by atoms with Crippen molar-refractivity contribution in [3.05, 3.63) is 12.8 Å². The maximum absolute atomic E-state index is 10.6. The van der Waals surface area contributed by atoms with Gasteiger partial charge in [0.15, 0.2) is 0 Å². The molecule has 0 spiro atoms. The van der Waals surface area contributed by atoms with Crippen LogP contribution in [0.25, 0.3) is 0 Å². The SMILES string of the molecule is C=CNCCC(N)C(C)=O. The van der Waals surface area contributed by atoms with Crippen molar-refractivity contribution in [1.29, 1.82) is 0 Å². The summed E-state index contributed by atoms with van der Waals surface area (Å²) in [6.07, 6.45) is 2.26. The Morgan fingerprint density at radius 3 is 2.90 bits per heavy atom. The van der Waals surface area contributed by atoms with Gasteiger partial charge in [0.05, 0.1) is 6.04 Å². The molecule has 0 fully saturated rings. The third kappa shape index (κ3) is 4.09. The number of carbonyl (C=O) groups excluding carboxylic acids is 1. The van der Waals surface area contributed by atoms with Crippen molar-refractivity contribution in [3.8, 4) is 0 Å². The Kier molecular flexibility index (Phi) is 4.58. The van der Waals surface area contributed by atoms with E-state index in [1.807, 2.05) is 0 Å². The molecule has 0 aromatic carbocycles. The Balaban J connectivity index is 3.30. The van der Waals surface area contributed by atoms with Gasteiger partial charge in [-0.05, 0) is 19.5 Å². The first-order valence-corrected chi connectivity index (χ1v) is 3.28. The first kappa shape index (κ1) is 9.17. The van der Waals surface area contributed by atoms with E-state index in [1.54, 1.807) is 6.20 Å². The van der Waals surface area contributed by atoms with Gasteiger partial charge in [0.25, 0.3) is 0 Å². The summed E-state index contributed by atoms with van der Waals surface area (Å²) in [7, 11) is 0. The fourth-order valence-corrected chi connectivity index (χ4v) is 0.544. The lowest BCUT2D eigenvalue weighted by molar-refractivity contribution is -0.118. The lowest BCUT2D eigenvalue weighted by Gasteiger charge is -2.05. The fraction of sp³-hybridized carbons (Fsp3) is 0.571. The summed E-state index contributed by atoms with van der Waals surface area (Å²) < 4.78 is 0. The molecule has 0 aliphatic rings. The highest BCUT2D eigenvalue weighted by atomic mass is 16.1. The van der Waals surface area contributed by atoms with Crippen LogP contribution in [-0.4, -0.2) is 18.4 Å². The standard InChI is InChI=1S/C7H14N2O/c1-3-9-5-4-7(8)6(2)10/h3,7,9H,1,4-5,8H2,2H3. The Labute approximate surface area is 61.3 Å². The summed E-state index contributed by atoms with van der Waals surface area (Å²) in [5, 5.41) is 2.87. The highest BCUT2D eigenvalue weighted by molar-refractivity contribution is 5.81. The van der Waals surface area contributed by atoms with Crippen LogP contribution in [0, 0.1) is 0 Å². The predicted molar refractivity (Wildman–Crippen MR) is 41.5 cm³/mol. The Bertz CT molecular complexity index is 123. The van der Waals surface area contributed by atoms with Crippen molar-refractivity contribution in [2.75, 3.05) is 6.54 Å². The van der Waals surface area contributed by atoms with E-state index >= 15 is 0 Å². The van der Waals surface area contributed by atoms with Gasteiger partial charge >= 0.3 is 0 Å². The van der Waals surface area contributed by atoms with Crippen LogP contribution in [0.15, 0.2) is 12.8 Å². The number of hydrogen-bond donors (Lipinski definition) is 2. The van der Waals surface area contributed by atoms with Crippen LogP contribution in [0.3, 0.4) is 0 Å². The van der Waals surface area contributed by atoms with Crippen molar-refractivity contribution >= 4 is 5.78 Å². The van der Waals surface area contributed by atoms with E-state index in [4.69, 9.17) is 5.73 Å². The smallest absolute Gasteiger partial charge is 0.146 e. The van der Waals surface area contributed by atoms with Crippen molar-refractivity contribution in [1.82, 2.24) is 5.32 Å². The highest BCUT2D eigenvalue weighted by Crippen LogP contribution is 1.86. The van der Waals surface area contributed by atoms with Gasteiger partial charge in [0.1, 0.15) is 5.78 Å². The van der Waals surface area contributed by atoms with Gasteiger partial charge < -0.3 is 11.1 Å². The first-order chi connectivity index (χ1) is 4.68. The van der Waals surface area contributed by atoms with Gasteiger partial charge in [-0.2, -0.15) is 0 Å². The number of hydrogen-bond acceptors (Lipinski definition) is 3. The van der Waals surface area contributed by atoms with Crippen LogP contribution in [0.2, 0.25) is 0 Å². The maximum atomic E-state index is 10.6. The Morgan fingerprint density at radius 2 is 2.50 bits per heavy atom. The molecule has 3 heteroatoms. The van der Waals surface area contributed by atoms with E-state index in [1.165, 1.54) is 6.92 Å². The summed E-state index contributed by atoms with van der Waals surface area (Å²) in [5.74, 6) is 0.0332. The Hall–Kier alpha value is -0.830. The largest absolute Gasteiger partial charge is 0.391 e. The number of rotatable bonds is 5. The zero-order valence-electron chi connectivity index (χ0n) is 6.26. The van der Waals surface area contributed by atoms with E-state index < -0.39 is 0 Å². The molecule has 0 saturated heterocycles. The quantitative estimate of drug-likeness (QED) is 0.532. The molecule has 0 rings (SSSR count). The van der Waals surface area contributed by atoms with E-state index in [0.717, 1.165) is 0 Å². The molecule has 1 atom stereocenters. The number of nitrogens with two attached hydrogens (primary N) is 1. The molecular weight excluding hydrogens is 128 g/mol. The minimum atomic E-state index is -0.326. The first-order valence-electron chi connectivity index (χ1n) is 3.28. The van der Waals surface area contributed by atoms with Gasteiger partial charge in [0, 0.05) is 6.54 Å². The van der Waals surface area contributed by atoms with E-state index in [-0.39, 0.29) is 11.8 Å². The zero-order valence-corrected chi connectivity index (χ0v) is 6.26. The summed E-state index contributed by atoms with van der Waals surface area (Å²) in [6, 6.07) is -0.326. The van der Waals surface area contributed by atoms with Crippen LogP contribution in [0.1, 0.15) is 13.3 Å². The van der Waals surface area contributed by atoms with E-state index in [9.17, 15) is 4.79 Å². The zero-order chi connectivity index (χ0) is 7.98. The summed E-state index contributed by atoms with van der Waals surface area (Å²) in [6.45, 7) is 5.68. The molecule has 58 valence electrons. The topological polar surface area (TPSA) is 55.1 Å². The molecule has 0 aromatic heterocycles. The van der Waals surface area contributed by atoms with Gasteiger partial charge in [-0.15, -0.1) is 0 Å². The molecule has 10 heavy (non-hydrogen) atoms. The van der Waals surface area contributed by atoms with Gasteiger partial charge in [0.2, 0.25) is 0 Å². The molecule has 0 heterocycles. The summed E-state index contributed by atoms with van der Waals surface area (Å²) in [5.41, 5.74) is 5.43. The second kappa shape index (κ2) is 4.99. The van der Waals surface area contributed by atoms with Crippen molar-refractivity contribution in [2.45, 2.75) is 19.4 Å². The van der Waals surface area contributed by atoms with Crippen LogP contribution >= 0.6 is 0 Å². The van der Waals surface area contributed by atoms with Crippen molar-refractivity contribution in [3.63, 3.8) is 0 Å². The van der Waals surface area contributed by atoms with Gasteiger partial charge in [-0.25, -0.2) is 0 Å². The molecule has 0 radical (unpaired) electrons. The molecule has 1 unspecified atom stereocenters. The minimum Gasteiger partial charge on any atom is -0.391 e. The lowest BCUT2D eigenvalue weighted by atomic mass is 10.1. The lowest BCUT2D eigenvalue weighted by Crippen LogP contribution is -2.31. The number of carbonyl (C=O) groups is 1. The van der Waals surface area contributed by atoms with Crippen LogP contribution in [0.5, 0.6) is 0 Å². The van der Waals surface area contributed by atoms with Crippen molar-refractivity contribution < 1.29 is 4.79 Å². The normalized spacial score (nSPS) is 12.2. The highest BCUT2D eigenvalue weighted by Gasteiger charge is 2.05. The van der Waals surface area contributed by atoms with E-state index in [2.05, 4.69) is 11.9 Å². The van der Waals surface area contributed by atoms with Crippen molar-refractivity contribution in [2.24, 2.45) is 5.73 Å². The van der Waals surface area contributed by atoms with Crippen LogP contribution in [-0.2, 0) is 4.79 Å². The van der Waals surface area contributed by atoms with Gasteiger partial charge in [-0.1, -0.05) is 6.58 Å².